The Balaban J connectivity index is 0.000000187. The highest BCUT2D eigenvalue weighted by molar-refractivity contribution is 8.14. The number of aliphatic imine (C=N–C) groups is 1. The van der Waals surface area contributed by atoms with Crippen LogP contribution in [0.25, 0.3) is 0 Å². The molecule has 1 unspecified atom stereocenters. The van der Waals surface area contributed by atoms with Crippen molar-refractivity contribution in [2.45, 2.75) is 31.2 Å². The molecule has 1 heterocycles. The van der Waals surface area contributed by atoms with E-state index in [9.17, 15) is 14.9 Å². The first-order valence-electron chi connectivity index (χ1n) is 5.67. The average Bonchev–Trinajstić information content (AvgIpc) is 3.14. The summed E-state index contributed by atoms with van der Waals surface area (Å²) in [5.41, 5.74) is -2.02. The highest BCUT2D eigenvalue weighted by Crippen LogP contribution is 2.35. The molecule has 0 aromatic heterocycles. The molecule has 8 heteroatoms. The minimum atomic E-state index is -2.02. The lowest BCUT2D eigenvalue weighted by atomic mass is 10.3. The quantitative estimate of drug-likeness (QED) is 0.371. The van der Waals surface area contributed by atoms with Gasteiger partial charge >= 0.3 is 11.5 Å². The van der Waals surface area contributed by atoms with Crippen LogP contribution in [0.1, 0.15) is 25.7 Å². The summed E-state index contributed by atoms with van der Waals surface area (Å²) in [6.45, 7) is 1.09. The fourth-order valence-electron chi connectivity index (χ4n) is 1.29. The number of rotatable bonds is 4. The van der Waals surface area contributed by atoms with E-state index in [1.165, 1.54) is 36.5 Å². The number of hydrogen-bond acceptors (Lipinski definition) is 5. The molecule has 0 radical (unpaired) electrons. The van der Waals surface area contributed by atoms with E-state index in [0.29, 0.717) is 0 Å². The van der Waals surface area contributed by atoms with Crippen LogP contribution in [0.4, 0.5) is 0 Å². The Hall–Kier alpha value is -0.820. The van der Waals surface area contributed by atoms with E-state index in [4.69, 9.17) is 5.11 Å². The summed E-state index contributed by atoms with van der Waals surface area (Å²) in [6.07, 6.45) is 5.50. The fraction of sp³-hybridized carbons (Fsp3) is 0.800. The standard InChI is InChI=1S/C8H13NS.C2H2ClNO4/c1-4-9-8(10-5-1)6-7-2-3-7;3-1(2(5)6)4(7)8/h7H,1-6H2;1H,(H,5,6). The van der Waals surface area contributed by atoms with Gasteiger partial charge in [-0.2, -0.15) is 0 Å². The SMILES string of the molecule is C1CN=C(CC2CC2)SC1.O=C(O)C(Cl)[N+](=O)[O-]. The van der Waals surface area contributed by atoms with Crippen molar-refractivity contribution in [3.63, 3.8) is 0 Å². The molecule has 18 heavy (non-hydrogen) atoms. The molecule has 1 saturated carbocycles. The lowest BCUT2D eigenvalue weighted by molar-refractivity contribution is -0.487. The molecule has 1 aliphatic heterocycles. The molecule has 2 rings (SSSR count). The van der Waals surface area contributed by atoms with E-state index >= 15 is 0 Å². The Labute approximate surface area is 114 Å². The lowest BCUT2D eigenvalue weighted by Crippen LogP contribution is -2.22. The highest BCUT2D eigenvalue weighted by Gasteiger charge is 2.24. The number of alkyl halides is 1. The van der Waals surface area contributed by atoms with E-state index in [0.717, 1.165) is 12.5 Å². The number of carbonyl (C=O) groups is 1. The molecule has 6 nitrogen and oxygen atoms in total. The summed E-state index contributed by atoms with van der Waals surface area (Å²) in [4.78, 5) is 22.4. The summed E-state index contributed by atoms with van der Waals surface area (Å²) < 4.78 is 0. The van der Waals surface area contributed by atoms with Gasteiger partial charge in [-0.15, -0.1) is 11.8 Å². The smallest absolute Gasteiger partial charge is 0.396 e. The van der Waals surface area contributed by atoms with Gasteiger partial charge in [0.25, 0.3) is 0 Å². The minimum Gasteiger partial charge on any atom is -0.475 e. The Kier molecular flexibility index (Phi) is 6.42. The third-order valence-electron chi connectivity index (χ3n) is 2.41. The number of nitrogens with zero attached hydrogens (tertiary/aromatic N) is 2. The summed E-state index contributed by atoms with van der Waals surface area (Å²) >= 11 is 6.63. The first-order valence-corrected chi connectivity index (χ1v) is 7.09. The van der Waals surface area contributed by atoms with Gasteiger partial charge in [0.2, 0.25) is 0 Å². The van der Waals surface area contributed by atoms with Crippen LogP contribution in [-0.2, 0) is 4.79 Å². The second kappa shape index (κ2) is 7.58. The zero-order valence-electron chi connectivity index (χ0n) is 9.75. The van der Waals surface area contributed by atoms with Crippen molar-refractivity contribution < 1.29 is 14.8 Å². The van der Waals surface area contributed by atoms with Crippen LogP contribution in [0.2, 0.25) is 0 Å². The van der Waals surface area contributed by atoms with Crippen molar-refractivity contribution in [3.05, 3.63) is 10.1 Å². The molecule has 2 aliphatic rings. The molecule has 1 fully saturated rings. The third-order valence-corrected chi connectivity index (χ3v) is 3.88. The van der Waals surface area contributed by atoms with Crippen molar-refractivity contribution in [3.8, 4) is 0 Å². The molecule has 102 valence electrons. The van der Waals surface area contributed by atoms with Crippen LogP contribution in [-0.4, -0.2) is 38.8 Å². The monoisotopic (exact) mass is 294 g/mol. The van der Waals surface area contributed by atoms with Crippen molar-refractivity contribution >= 4 is 34.4 Å². The Bertz CT molecular complexity index is 333. The van der Waals surface area contributed by atoms with Crippen LogP contribution in [0.3, 0.4) is 0 Å². The number of thioether (sulfide) groups is 1. The van der Waals surface area contributed by atoms with Gasteiger partial charge in [0, 0.05) is 12.3 Å². The van der Waals surface area contributed by atoms with E-state index in [1.54, 1.807) is 0 Å². The topological polar surface area (TPSA) is 92.8 Å². The molecule has 0 amide bonds. The van der Waals surface area contributed by atoms with Gasteiger partial charge in [-0.05, 0) is 43.2 Å². The first-order chi connectivity index (χ1) is 8.50. The Morgan fingerprint density at radius 1 is 1.67 bits per heavy atom. The number of hydrogen-bond donors (Lipinski definition) is 1. The second-order valence-corrected chi connectivity index (χ2v) is 5.67. The molecule has 0 bridgehead atoms. The van der Waals surface area contributed by atoms with Gasteiger partial charge in [-0.25, -0.2) is 4.79 Å². The normalized spacial score (nSPS) is 20.2. The van der Waals surface area contributed by atoms with Crippen LogP contribution >= 0.6 is 23.4 Å². The van der Waals surface area contributed by atoms with Gasteiger partial charge in [-0.3, -0.25) is 15.1 Å². The Morgan fingerprint density at radius 3 is 2.67 bits per heavy atom. The predicted molar refractivity (Wildman–Crippen MR) is 71.0 cm³/mol. The molecule has 1 atom stereocenters. The molecule has 0 spiro atoms. The maximum atomic E-state index is 9.57. The van der Waals surface area contributed by atoms with Crippen LogP contribution in [0, 0.1) is 16.0 Å². The zero-order chi connectivity index (χ0) is 13.5. The summed E-state index contributed by atoms with van der Waals surface area (Å²) in [5.74, 6) is 0.687. The van der Waals surface area contributed by atoms with Crippen LogP contribution in [0.15, 0.2) is 4.99 Å². The van der Waals surface area contributed by atoms with Gasteiger partial charge in [0.05, 0.1) is 9.97 Å². The summed E-state index contributed by atoms with van der Waals surface area (Å²) in [6, 6.07) is 0. The molecule has 0 aromatic rings. The molecule has 1 N–H and O–H groups in total. The average molecular weight is 295 g/mol. The number of aliphatic carboxylic acids is 1. The van der Waals surface area contributed by atoms with Gasteiger partial charge in [0.15, 0.2) is 0 Å². The zero-order valence-corrected chi connectivity index (χ0v) is 11.3. The van der Waals surface area contributed by atoms with E-state index in [-0.39, 0.29) is 0 Å². The summed E-state index contributed by atoms with van der Waals surface area (Å²) in [5, 5.41) is 18.7. The van der Waals surface area contributed by atoms with Crippen LogP contribution < -0.4 is 0 Å². The van der Waals surface area contributed by atoms with Gasteiger partial charge < -0.3 is 5.11 Å². The Morgan fingerprint density at radius 2 is 2.33 bits per heavy atom. The van der Waals surface area contributed by atoms with E-state index in [1.807, 2.05) is 11.8 Å². The molecule has 0 saturated heterocycles. The molecular weight excluding hydrogens is 280 g/mol. The number of halogens is 1. The van der Waals surface area contributed by atoms with Crippen molar-refractivity contribution in [2.75, 3.05) is 12.3 Å². The molecule has 1 aliphatic carbocycles. The maximum Gasteiger partial charge on any atom is 0.396 e. The van der Waals surface area contributed by atoms with E-state index < -0.39 is 16.4 Å². The fourth-order valence-corrected chi connectivity index (χ4v) is 2.33. The number of nitro groups is 1. The van der Waals surface area contributed by atoms with Crippen molar-refractivity contribution in [1.29, 1.82) is 0 Å². The number of carboxylic acid groups (broad SMARTS) is 1. The van der Waals surface area contributed by atoms with Crippen molar-refractivity contribution in [2.24, 2.45) is 10.9 Å². The van der Waals surface area contributed by atoms with Crippen LogP contribution in [0.5, 0.6) is 0 Å². The third kappa shape index (κ3) is 6.20. The number of carboxylic acids is 1. The summed E-state index contributed by atoms with van der Waals surface area (Å²) in [7, 11) is 0. The van der Waals surface area contributed by atoms with E-state index in [2.05, 4.69) is 16.6 Å². The first kappa shape index (κ1) is 15.2. The van der Waals surface area contributed by atoms with Gasteiger partial charge in [-0.1, -0.05) is 0 Å². The van der Waals surface area contributed by atoms with Crippen molar-refractivity contribution in [1.82, 2.24) is 0 Å². The molecular formula is C10H15ClN2O4S. The molecule has 0 aromatic carbocycles. The maximum absolute atomic E-state index is 9.57. The second-order valence-electron chi connectivity index (χ2n) is 4.08. The highest BCUT2D eigenvalue weighted by atomic mass is 35.5. The lowest BCUT2D eigenvalue weighted by Gasteiger charge is -2.09. The van der Waals surface area contributed by atoms with Gasteiger partial charge in [0.1, 0.15) is 0 Å². The largest absolute Gasteiger partial charge is 0.475 e. The minimum absolute atomic E-state index is 1.02. The predicted octanol–water partition coefficient (Wildman–Crippen LogP) is 2.23.